The number of rotatable bonds is 5. The number of nitrogens with one attached hydrogen (secondary N) is 1. The summed E-state index contributed by atoms with van der Waals surface area (Å²) < 4.78 is 0. The van der Waals surface area contributed by atoms with Gasteiger partial charge < -0.3 is 10.2 Å². The Labute approximate surface area is 148 Å². The molecule has 2 aromatic carbocycles. The summed E-state index contributed by atoms with van der Waals surface area (Å²) in [6.45, 7) is 2.80. The van der Waals surface area contributed by atoms with E-state index in [0.717, 1.165) is 23.5 Å². The van der Waals surface area contributed by atoms with Crippen LogP contribution in [0, 0.1) is 6.92 Å². The smallest absolute Gasteiger partial charge is 0.274 e. The molecule has 0 aliphatic heterocycles. The Hall–Kier alpha value is -3.14. The molecule has 0 radical (unpaired) electrons. The summed E-state index contributed by atoms with van der Waals surface area (Å²) in [5, 5.41) is 2.86. The van der Waals surface area contributed by atoms with Crippen LogP contribution in [0.5, 0.6) is 0 Å². The molecule has 0 aliphatic carbocycles. The molecule has 0 aliphatic rings. The first-order valence-electron chi connectivity index (χ1n) is 8.21. The lowest BCUT2D eigenvalue weighted by Gasteiger charge is -2.19. The average Bonchev–Trinajstić information content (AvgIpc) is 2.64. The number of aryl methyl sites for hydroxylation is 1. The predicted octanol–water partition coefficient (Wildman–Crippen LogP) is 4.28. The highest BCUT2D eigenvalue weighted by atomic mass is 16.1. The molecule has 4 heteroatoms. The zero-order valence-corrected chi connectivity index (χ0v) is 14.4. The summed E-state index contributed by atoms with van der Waals surface area (Å²) >= 11 is 0. The van der Waals surface area contributed by atoms with Gasteiger partial charge in [0, 0.05) is 19.3 Å². The molecule has 0 bridgehead atoms. The van der Waals surface area contributed by atoms with Crippen LogP contribution in [-0.2, 0) is 6.54 Å². The maximum Gasteiger partial charge on any atom is 0.274 e. The van der Waals surface area contributed by atoms with E-state index in [9.17, 15) is 4.79 Å². The van der Waals surface area contributed by atoms with Crippen LogP contribution in [0.25, 0.3) is 0 Å². The Morgan fingerprint density at radius 3 is 2.36 bits per heavy atom. The number of hydrogen-bond acceptors (Lipinski definition) is 3. The van der Waals surface area contributed by atoms with Crippen molar-refractivity contribution in [2.45, 2.75) is 13.5 Å². The zero-order valence-electron chi connectivity index (χ0n) is 14.4. The van der Waals surface area contributed by atoms with Gasteiger partial charge in [0.25, 0.3) is 5.91 Å². The molecular formula is C21H21N3O. The normalized spacial score (nSPS) is 10.3. The van der Waals surface area contributed by atoms with Crippen LogP contribution in [0.2, 0.25) is 0 Å². The van der Waals surface area contributed by atoms with Gasteiger partial charge in [-0.15, -0.1) is 0 Å². The molecule has 1 heterocycles. The van der Waals surface area contributed by atoms with Crippen molar-refractivity contribution >= 4 is 17.3 Å². The Morgan fingerprint density at radius 1 is 1.00 bits per heavy atom. The number of pyridine rings is 1. The van der Waals surface area contributed by atoms with Gasteiger partial charge in [-0.05, 0) is 36.8 Å². The second kappa shape index (κ2) is 7.62. The minimum absolute atomic E-state index is 0.207. The Kier molecular flexibility index (Phi) is 5.09. The van der Waals surface area contributed by atoms with Crippen molar-refractivity contribution in [2.75, 3.05) is 17.3 Å². The third kappa shape index (κ3) is 4.44. The van der Waals surface area contributed by atoms with Crippen LogP contribution in [0.3, 0.4) is 0 Å². The molecule has 1 N–H and O–H groups in total. The number of amides is 1. The Balaban J connectivity index is 1.65. The Bertz CT molecular complexity index is 827. The van der Waals surface area contributed by atoms with E-state index >= 15 is 0 Å². The minimum atomic E-state index is -0.207. The average molecular weight is 331 g/mol. The van der Waals surface area contributed by atoms with Crippen molar-refractivity contribution in [2.24, 2.45) is 0 Å². The molecular weight excluding hydrogens is 310 g/mol. The third-order valence-electron chi connectivity index (χ3n) is 3.99. The summed E-state index contributed by atoms with van der Waals surface area (Å²) in [5.41, 5.74) is 4.52. The van der Waals surface area contributed by atoms with Crippen LogP contribution < -0.4 is 10.2 Å². The molecule has 1 amide bonds. The molecule has 0 atom stereocenters. The van der Waals surface area contributed by atoms with Gasteiger partial charge in [0.05, 0.1) is 11.9 Å². The molecule has 0 saturated heterocycles. The number of benzene rings is 2. The van der Waals surface area contributed by atoms with Crippen molar-refractivity contribution in [1.82, 2.24) is 4.98 Å². The van der Waals surface area contributed by atoms with E-state index in [1.54, 1.807) is 12.3 Å². The standard InChI is InChI=1S/C21H21N3O/c1-16-8-10-18(11-9-16)23-21(25)20-13-12-19(14-22-20)24(2)15-17-6-4-3-5-7-17/h3-14H,15H2,1-2H3,(H,23,25). The molecule has 1 aromatic heterocycles. The Morgan fingerprint density at radius 2 is 1.72 bits per heavy atom. The van der Waals surface area contributed by atoms with Crippen LogP contribution in [0.15, 0.2) is 72.9 Å². The summed E-state index contributed by atoms with van der Waals surface area (Å²) in [6.07, 6.45) is 1.73. The van der Waals surface area contributed by atoms with Crippen LogP contribution >= 0.6 is 0 Å². The second-order valence-corrected chi connectivity index (χ2v) is 6.06. The van der Waals surface area contributed by atoms with Crippen molar-refractivity contribution in [3.05, 3.63) is 89.7 Å². The zero-order chi connectivity index (χ0) is 17.6. The highest BCUT2D eigenvalue weighted by Gasteiger charge is 2.09. The van der Waals surface area contributed by atoms with Gasteiger partial charge in [-0.3, -0.25) is 4.79 Å². The van der Waals surface area contributed by atoms with Gasteiger partial charge in [0.15, 0.2) is 0 Å². The number of hydrogen-bond donors (Lipinski definition) is 1. The van der Waals surface area contributed by atoms with Crippen molar-refractivity contribution in [1.29, 1.82) is 0 Å². The molecule has 0 saturated carbocycles. The summed E-state index contributed by atoms with van der Waals surface area (Å²) in [4.78, 5) is 18.7. The molecule has 126 valence electrons. The summed E-state index contributed by atoms with van der Waals surface area (Å²) in [6, 6.07) is 21.6. The van der Waals surface area contributed by atoms with Crippen molar-refractivity contribution in [3.8, 4) is 0 Å². The van der Waals surface area contributed by atoms with Gasteiger partial charge in [0.2, 0.25) is 0 Å². The molecule has 4 nitrogen and oxygen atoms in total. The van der Waals surface area contributed by atoms with Gasteiger partial charge in [-0.25, -0.2) is 4.98 Å². The minimum Gasteiger partial charge on any atom is -0.369 e. The fourth-order valence-corrected chi connectivity index (χ4v) is 2.53. The number of carbonyl (C=O) groups excluding carboxylic acids is 1. The van der Waals surface area contributed by atoms with Gasteiger partial charge in [-0.2, -0.15) is 0 Å². The van der Waals surface area contributed by atoms with Crippen LogP contribution in [0.4, 0.5) is 11.4 Å². The molecule has 0 spiro atoms. The van der Waals surface area contributed by atoms with Gasteiger partial charge >= 0.3 is 0 Å². The topological polar surface area (TPSA) is 45.2 Å². The van der Waals surface area contributed by atoms with E-state index in [2.05, 4.69) is 27.3 Å². The van der Waals surface area contributed by atoms with E-state index in [1.807, 2.05) is 62.5 Å². The molecule has 0 unspecified atom stereocenters. The molecule has 3 aromatic rings. The molecule has 3 rings (SSSR count). The highest BCUT2D eigenvalue weighted by molar-refractivity contribution is 6.02. The summed E-state index contributed by atoms with van der Waals surface area (Å²) in [7, 11) is 2.01. The number of carbonyl (C=O) groups is 1. The van der Waals surface area contributed by atoms with E-state index < -0.39 is 0 Å². The maximum atomic E-state index is 12.3. The fourth-order valence-electron chi connectivity index (χ4n) is 2.53. The SMILES string of the molecule is Cc1ccc(NC(=O)c2ccc(N(C)Cc3ccccc3)cn2)cc1. The first-order valence-corrected chi connectivity index (χ1v) is 8.21. The predicted molar refractivity (Wildman–Crippen MR) is 102 cm³/mol. The van der Waals surface area contributed by atoms with E-state index in [0.29, 0.717) is 5.69 Å². The number of nitrogens with zero attached hydrogens (tertiary/aromatic N) is 2. The second-order valence-electron chi connectivity index (χ2n) is 6.06. The largest absolute Gasteiger partial charge is 0.369 e. The lowest BCUT2D eigenvalue weighted by Crippen LogP contribution is -2.18. The molecule has 25 heavy (non-hydrogen) atoms. The first-order chi connectivity index (χ1) is 12.1. The lowest BCUT2D eigenvalue weighted by atomic mass is 10.2. The third-order valence-corrected chi connectivity index (χ3v) is 3.99. The highest BCUT2D eigenvalue weighted by Crippen LogP contribution is 2.16. The number of aromatic nitrogens is 1. The monoisotopic (exact) mass is 331 g/mol. The fraction of sp³-hybridized carbons (Fsp3) is 0.143. The van der Waals surface area contributed by atoms with E-state index in [-0.39, 0.29) is 5.91 Å². The quantitative estimate of drug-likeness (QED) is 0.759. The molecule has 0 fully saturated rings. The van der Waals surface area contributed by atoms with Gasteiger partial charge in [0.1, 0.15) is 5.69 Å². The van der Waals surface area contributed by atoms with Crippen LogP contribution in [-0.4, -0.2) is 17.9 Å². The van der Waals surface area contributed by atoms with E-state index in [1.165, 1.54) is 5.56 Å². The number of anilines is 2. The van der Waals surface area contributed by atoms with Crippen molar-refractivity contribution in [3.63, 3.8) is 0 Å². The van der Waals surface area contributed by atoms with Crippen molar-refractivity contribution < 1.29 is 4.79 Å². The maximum absolute atomic E-state index is 12.3. The van der Waals surface area contributed by atoms with Crippen LogP contribution in [0.1, 0.15) is 21.6 Å². The van der Waals surface area contributed by atoms with Gasteiger partial charge in [-0.1, -0.05) is 48.0 Å². The first kappa shape index (κ1) is 16.7. The summed E-state index contributed by atoms with van der Waals surface area (Å²) in [5.74, 6) is -0.207. The lowest BCUT2D eigenvalue weighted by molar-refractivity contribution is 0.102. The van der Waals surface area contributed by atoms with E-state index in [4.69, 9.17) is 0 Å².